The Morgan fingerprint density at radius 2 is 1.79 bits per heavy atom. The van der Waals surface area contributed by atoms with Gasteiger partial charge >= 0.3 is 0 Å². The van der Waals surface area contributed by atoms with Crippen LogP contribution in [0.15, 0.2) is 24.3 Å². The van der Waals surface area contributed by atoms with Crippen molar-refractivity contribution in [1.29, 1.82) is 0 Å². The molecule has 0 aliphatic rings. The molecule has 1 aromatic carbocycles. The second-order valence-corrected chi connectivity index (χ2v) is 4.84. The summed E-state index contributed by atoms with van der Waals surface area (Å²) >= 11 is 0. The Labute approximate surface area is 114 Å². The lowest BCUT2D eigenvalue weighted by molar-refractivity contribution is 0.274. The molecular formula is C15H21N3O. The van der Waals surface area contributed by atoms with Crippen molar-refractivity contribution >= 4 is 0 Å². The van der Waals surface area contributed by atoms with Gasteiger partial charge in [-0.2, -0.15) is 0 Å². The molecule has 1 heterocycles. The molecule has 1 N–H and O–H groups in total. The van der Waals surface area contributed by atoms with Gasteiger partial charge in [-0.1, -0.05) is 36.8 Å². The van der Waals surface area contributed by atoms with E-state index in [9.17, 15) is 5.11 Å². The van der Waals surface area contributed by atoms with Crippen LogP contribution in [0.1, 0.15) is 49.6 Å². The normalized spacial score (nSPS) is 11.2. The summed E-state index contributed by atoms with van der Waals surface area (Å²) in [7, 11) is 0. The number of rotatable bonds is 5. The number of aliphatic hydroxyl groups is 1. The molecule has 0 saturated carbocycles. The molecule has 2 aromatic rings. The van der Waals surface area contributed by atoms with Gasteiger partial charge in [-0.25, -0.2) is 4.68 Å². The second kappa shape index (κ2) is 5.97. The molecule has 0 radical (unpaired) electrons. The van der Waals surface area contributed by atoms with Gasteiger partial charge in [-0.3, -0.25) is 0 Å². The van der Waals surface area contributed by atoms with Crippen molar-refractivity contribution in [3.8, 4) is 5.69 Å². The standard InChI is InChI=1S/C15H21N3O/c1-4-12(5-2)15-14(10-19)16-17-18(15)13-8-6-11(3)7-9-13/h6-9,12,19H,4-5,10H2,1-3H3. The van der Waals surface area contributed by atoms with Crippen LogP contribution in [0.2, 0.25) is 0 Å². The molecule has 0 bridgehead atoms. The lowest BCUT2D eigenvalue weighted by Gasteiger charge is -2.15. The maximum atomic E-state index is 9.45. The highest BCUT2D eigenvalue weighted by molar-refractivity contribution is 5.36. The van der Waals surface area contributed by atoms with Crippen LogP contribution < -0.4 is 0 Å². The number of hydrogen-bond donors (Lipinski definition) is 1. The van der Waals surface area contributed by atoms with Crippen molar-refractivity contribution in [2.45, 2.75) is 46.1 Å². The highest BCUT2D eigenvalue weighted by atomic mass is 16.3. The summed E-state index contributed by atoms with van der Waals surface area (Å²) < 4.78 is 1.86. The van der Waals surface area contributed by atoms with Gasteiger partial charge in [0.25, 0.3) is 0 Å². The van der Waals surface area contributed by atoms with E-state index in [2.05, 4.69) is 43.2 Å². The second-order valence-electron chi connectivity index (χ2n) is 4.84. The van der Waals surface area contributed by atoms with Crippen LogP contribution in [0, 0.1) is 6.92 Å². The van der Waals surface area contributed by atoms with E-state index >= 15 is 0 Å². The van der Waals surface area contributed by atoms with Crippen LogP contribution in [-0.2, 0) is 6.61 Å². The lowest BCUT2D eigenvalue weighted by Crippen LogP contribution is -2.09. The van der Waals surface area contributed by atoms with E-state index < -0.39 is 0 Å². The summed E-state index contributed by atoms with van der Waals surface area (Å²) in [6.07, 6.45) is 2.03. The largest absolute Gasteiger partial charge is 0.390 e. The number of aromatic nitrogens is 3. The maximum absolute atomic E-state index is 9.45. The summed E-state index contributed by atoms with van der Waals surface area (Å²) in [4.78, 5) is 0. The Kier molecular flexibility index (Phi) is 4.32. The molecule has 0 amide bonds. The maximum Gasteiger partial charge on any atom is 0.112 e. The Hall–Kier alpha value is -1.68. The highest BCUT2D eigenvalue weighted by Gasteiger charge is 2.20. The number of aryl methyl sites for hydroxylation is 1. The molecule has 0 spiro atoms. The third-order valence-corrected chi connectivity index (χ3v) is 3.58. The van der Waals surface area contributed by atoms with Gasteiger partial charge in [0, 0.05) is 5.92 Å². The Morgan fingerprint density at radius 1 is 1.16 bits per heavy atom. The molecule has 0 aliphatic heterocycles. The van der Waals surface area contributed by atoms with Crippen LogP contribution in [0.4, 0.5) is 0 Å². The Balaban J connectivity index is 2.51. The molecule has 19 heavy (non-hydrogen) atoms. The van der Waals surface area contributed by atoms with E-state index in [0.29, 0.717) is 11.6 Å². The predicted molar refractivity (Wildman–Crippen MR) is 75.3 cm³/mol. The first-order chi connectivity index (χ1) is 9.21. The Morgan fingerprint density at radius 3 is 2.32 bits per heavy atom. The number of benzene rings is 1. The monoisotopic (exact) mass is 259 g/mol. The fourth-order valence-corrected chi connectivity index (χ4v) is 2.39. The molecule has 0 fully saturated rings. The first kappa shape index (κ1) is 13.7. The summed E-state index contributed by atoms with van der Waals surface area (Å²) in [5.74, 6) is 0.374. The number of nitrogens with zero attached hydrogens (tertiary/aromatic N) is 3. The summed E-state index contributed by atoms with van der Waals surface area (Å²) in [6, 6.07) is 8.20. The van der Waals surface area contributed by atoms with Crippen molar-refractivity contribution in [1.82, 2.24) is 15.0 Å². The number of hydrogen-bond acceptors (Lipinski definition) is 3. The molecular weight excluding hydrogens is 238 g/mol. The average Bonchev–Trinajstić information content (AvgIpc) is 2.85. The van der Waals surface area contributed by atoms with Crippen LogP contribution in [0.5, 0.6) is 0 Å². The van der Waals surface area contributed by atoms with Gasteiger partial charge in [0.2, 0.25) is 0 Å². The van der Waals surface area contributed by atoms with E-state index in [1.54, 1.807) is 0 Å². The van der Waals surface area contributed by atoms with Crippen molar-refractivity contribution in [2.24, 2.45) is 0 Å². The fourth-order valence-electron chi connectivity index (χ4n) is 2.39. The van der Waals surface area contributed by atoms with Crippen molar-refractivity contribution in [2.75, 3.05) is 0 Å². The van der Waals surface area contributed by atoms with Crippen molar-refractivity contribution < 1.29 is 5.11 Å². The van der Waals surface area contributed by atoms with Crippen LogP contribution in [-0.4, -0.2) is 20.1 Å². The molecule has 4 heteroatoms. The van der Waals surface area contributed by atoms with Crippen LogP contribution >= 0.6 is 0 Å². The lowest BCUT2D eigenvalue weighted by atomic mass is 9.97. The van der Waals surface area contributed by atoms with E-state index in [-0.39, 0.29) is 6.61 Å². The highest BCUT2D eigenvalue weighted by Crippen LogP contribution is 2.27. The molecule has 102 valence electrons. The summed E-state index contributed by atoms with van der Waals surface area (Å²) in [5, 5.41) is 17.8. The van der Waals surface area contributed by atoms with Crippen molar-refractivity contribution in [3.05, 3.63) is 41.2 Å². The summed E-state index contributed by atoms with van der Waals surface area (Å²) in [6.45, 7) is 6.31. The van der Waals surface area contributed by atoms with Gasteiger partial charge in [-0.05, 0) is 31.9 Å². The molecule has 4 nitrogen and oxygen atoms in total. The zero-order valence-electron chi connectivity index (χ0n) is 11.8. The minimum atomic E-state index is -0.0578. The SMILES string of the molecule is CCC(CC)c1c(CO)nnn1-c1ccc(C)cc1. The van der Waals surface area contributed by atoms with Crippen LogP contribution in [0.3, 0.4) is 0 Å². The van der Waals surface area contributed by atoms with Gasteiger partial charge < -0.3 is 5.11 Å². The molecule has 1 aromatic heterocycles. The fraction of sp³-hybridized carbons (Fsp3) is 0.467. The zero-order valence-corrected chi connectivity index (χ0v) is 11.8. The molecule has 0 atom stereocenters. The van der Waals surface area contributed by atoms with E-state index in [4.69, 9.17) is 0 Å². The first-order valence-corrected chi connectivity index (χ1v) is 6.83. The molecule has 0 saturated heterocycles. The Bertz CT molecular complexity index is 527. The van der Waals surface area contributed by atoms with Gasteiger partial charge in [0.1, 0.15) is 5.69 Å². The van der Waals surface area contributed by atoms with Gasteiger partial charge in [-0.15, -0.1) is 5.10 Å². The molecule has 2 rings (SSSR count). The third kappa shape index (κ3) is 2.68. The van der Waals surface area contributed by atoms with Crippen LogP contribution in [0.25, 0.3) is 5.69 Å². The number of aliphatic hydroxyl groups excluding tert-OH is 1. The summed E-state index contributed by atoms with van der Waals surface area (Å²) in [5.41, 5.74) is 3.95. The third-order valence-electron chi connectivity index (χ3n) is 3.58. The smallest absolute Gasteiger partial charge is 0.112 e. The molecule has 0 aliphatic carbocycles. The average molecular weight is 259 g/mol. The first-order valence-electron chi connectivity index (χ1n) is 6.83. The minimum Gasteiger partial charge on any atom is -0.390 e. The van der Waals surface area contributed by atoms with E-state index in [1.165, 1.54) is 5.56 Å². The topological polar surface area (TPSA) is 50.9 Å². The van der Waals surface area contributed by atoms with E-state index in [0.717, 1.165) is 24.2 Å². The zero-order chi connectivity index (χ0) is 13.8. The van der Waals surface area contributed by atoms with E-state index in [1.807, 2.05) is 16.8 Å². The van der Waals surface area contributed by atoms with Gasteiger partial charge in [0.15, 0.2) is 0 Å². The van der Waals surface area contributed by atoms with Crippen molar-refractivity contribution in [3.63, 3.8) is 0 Å². The minimum absolute atomic E-state index is 0.0578. The quantitative estimate of drug-likeness (QED) is 0.898. The molecule has 0 unspecified atom stereocenters. The predicted octanol–water partition coefficient (Wildman–Crippen LogP) is 2.97. The van der Waals surface area contributed by atoms with Gasteiger partial charge in [0.05, 0.1) is 18.0 Å².